The molecule has 2 aromatic rings. The van der Waals surface area contributed by atoms with Gasteiger partial charge >= 0.3 is 5.69 Å². The second-order valence-corrected chi connectivity index (χ2v) is 7.57. The molecule has 2 aromatic carbocycles. The normalized spacial score (nSPS) is 15.9. The zero-order chi connectivity index (χ0) is 22.8. The molecule has 2 aliphatic rings. The highest BCUT2D eigenvalue weighted by atomic mass is 32.2. The Labute approximate surface area is 185 Å². The molecule has 1 saturated heterocycles. The van der Waals surface area contributed by atoms with E-state index in [1.807, 2.05) is 0 Å². The highest BCUT2D eigenvalue weighted by molar-refractivity contribution is 8.18. The quantitative estimate of drug-likeness (QED) is 0.394. The third-order valence-corrected chi connectivity index (χ3v) is 5.44. The number of ether oxygens (including phenoxy) is 3. The van der Waals surface area contributed by atoms with Crippen molar-refractivity contribution in [2.75, 3.05) is 25.8 Å². The Morgan fingerprint density at radius 1 is 1.25 bits per heavy atom. The number of thioether (sulfide) groups is 1. The number of nitrogens with zero attached hydrogens (tertiary/aromatic N) is 2. The summed E-state index contributed by atoms with van der Waals surface area (Å²) in [6, 6.07) is 8.97. The SMILES string of the molecule is COc1ccc(/C=C2/SC(=O)N(CC(=O)Nc3ccc4c(c3)OCO4)C2=O)cc1[N+](=O)[O-]. The third kappa shape index (κ3) is 4.21. The molecule has 4 rings (SSSR count). The van der Waals surface area contributed by atoms with Gasteiger partial charge in [0.25, 0.3) is 11.1 Å². The summed E-state index contributed by atoms with van der Waals surface area (Å²) in [5.41, 5.74) is 0.490. The van der Waals surface area contributed by atoms with Gasteiger partial charge in [0, 0.05) is 17.8 Å². The van der Waals surface area contributed by atoms with Crippen LogP contribution >= 0.6 is 11.8 Å². The average Bonchev–Trinajstić information content (AvgIpc) is 3.33. The van der Waals surface area contributed by atoms with Crippen molar-refractivity contribution in [2.24, 2.45) is 0 Å². The first kappa shape index (κ1) is 21.2. The lowest BCUT2D eigenvalue weighted by Gasteiger charge is -2.12. The van der Waals surface area contributed by atoms with Crippen molar-refractivity contribution in [1.29, 1.82) is 0 Å². The van der Waals surface area contributed by atoms with Crippen LogP contribution in [0.15, 0.2) is 41.3 Å². The van der Waals surface area contributed by atoms with Crippen LogP contribution in [-0.4, -0.2) is 47.3 Å². The lowest BCUT2D eigenvalue weighted by molar-refractivity contribution is -0.385. The fourth-order valence-corrected chi connectivity index (χ4v) is 3.88. The number of nitro benzene ring substituents is 1. The van der Waals surface area contributed by atoms with E-state index >= 15 is 0 Å². The maximum absolute atomic E-state index is 12.6. The zero-order valence-electron chi connectivity index (χ0n) is 16.5. The number of nitrogens with one attached hydrogen (secondary N) is 1. The number of nitro groups is 1. The standard InChI is InChI=1S/C20H15N3O8S/c1-29-14-4-2-11(6-13(14)23(27)28)7-17-19(25)22(20(26)32-17)9-18(24)21-12-3-5-15-16(8-12)31-10-30-15/h2-8H,9-10H2,1H3,(H,21,24)/b17-7+. The number of amides is 3. The van der Waals surface area contributed by atoms with Crippen LogP contribution in [0.4, 0.5) is 16.2 Å². The molecule has 0 saturated carbocycles. The molecule has 0 radical (unpaired) electrons. The van der Waals surface area contributed by atoms with Crippen molar-refractivity contribution in [1.82, 2.24) is 4.90 Å². The molecule has 0 aromatic heterocycles. The largest absolute Gasteiger partial charge is 0.490 e. The van der Waals surface area contributed by atoms with Crippen molar-refractivity contribution in [3.05, 3.63) is 57.0 Å². The molecular formula is C20H15N3O8S. The number of hydrogen-bond acceptors (Lipinski definition) is 9. The van der Waals surface area contributed by atoms with Gasteiger partial charge in [-0.1, -0.05) is 6.07 Å². The number of hydrogen-bond donors (Lipinski definition) is 1. The van der Waals surface area contributed by atoms with Crippen LogP contribution in [0.2, 0.25) is 0 Å². The molecule has 11 nitrogen and oxygen atoms in total. The molecule has 32 heavy (non-hydrogen) atoms. The molecule has 0 aliphatic carbocycles. The van der Waals surface area contributed by atoms with Crippen molar-refractivity contribution in [3.8, 4) is 17.2 Å². The summed E-state index contributed by atoms with van der Waals surface area (Å²) < 4.78 is 15.4. The van der Waals surface area contributed by atoms with E-state index < -0.39 is 28.5 Å². The number of imide groups is 1. The smallest absolute Gasteiger partial charge is 0.311 e. The van der Waals surface area contributed by atoms with E-state index in [4.69, 9.17) is 14.2 Å². The van der Waals surface area contributed by atoms with Gasteiger partial charge in [-0.25, -0.2) is 0 Å². The summed E-state index contributed by atoms with van der Waals surface area (Å²) in [5, 5.41) is 13.2. The van der Waals surface area contributed by atoms with Crippen molar-refractivity contribution < 1.29 is 33.5 Å². The topological polar surface area (TPSA) is 137 Å². The first-order valence-corrected chi connectivity index (χ1v) is 9.94. The highest BCUT2D eigenvalue weighted by Gasteiger charge is 2.36. The van der Waals surface area contributed by atoms with Gasteiger partial charge in [0.2, 0.25) is 12.7 Å². The average molecular weight is 457 g/mol. The molecule has 0 bridgehead atoms. The highest BCUT2D eigenvalue weighted by Crippen LogP contribution is 2.35. The predicted molar refractivity (Wildman–Crippen MR) is 114 cm³/mol. The Morgan fingerprint density at radius 2 is 2.03 bits per heavy atom. The van der Waals surface area contributed by atoms with Crippen LogP contribution in [0.5, 0.6) is 17.2 Å². The Kier molecular flexibility index (Phi) is 5.69. The molecule has 2 heterocycles. The molecule has 3 amide bonds. The van der Waals surface area contributed by atoms with Crippen molar-refractivity contribution in [2.45, 2.75) is 0 Å². The monoisotopic (exact) mass is 457 g/mol. The summed E-state index contributed by atoms with van der Waals surface area (Å²) in [7, 11) is 1.31. The molecule has 12 heteroatoms. The first-order chi connectivity index (χ1) is 15.4. The van der Waals surface area contributed by atoms with Gasteiger partial charge in [-0.3, -0.25) is 29.4 Å². The predicted octanol–water partition coefficient (Wildman–Crippen LogP) is 3.01. The van der Waals surface area contributed by atoms with Gasteiger partial charge in [-0.15, -0.1) is 0 Å². The number of rotatable bonds is 6. The lowest BCUT2D eigenvalue weighted by Crippen LogP contribution is -2.36. The second kappa shape index (κ2) is 8.59. The molecule has 164 valence electrons. The Bertz CT molecular complexity index is 1180. The summed E-state index contributed by atoms with van der Waals surface area (Å²) in [6.45, 7) is -0.396. The Balaban J connectivity index is 1.46. The first-order valence-electron chi connectivity index (χ1n) is 9.13. The van der Waals surface area contributed by atoms with Gasteiger partial charge in [0.15, 0.2) is 17.2 Å². The lowest BCUT2D eigenvalue weighted by atomic mass is 10.1. The fraction of sp³-hybridized carbons (Fsp3) is 0.150. The van der Waals surface area contributed by atoms with Gasteiger partial charge in [-0.05, 0) is 41.6 Å². The summed E-state index contributed by atoms with van der Waals surface area (Å²) in [4.78, 5) is 48.7. The number of fused-ring (bicyclic) bond motifs is 1. The maximum atomic E-state index is 12.6. The van der Waals surface area contributed by atoms with Gasteiger partial charge < -0.3 is 19.5 Å². The minimum atomic E-state index is -0.667. The second-order valence-electron chi connectivity index (χ2n) is 6.57. The molecule has 2 aliphatic heterocycles. The van der Waals surface area contributed by atoms with Crippen LogP contribution < -0.4 is 19.5 Å². The fourth-order valence-electron chi connectivity index (χ4n) is 3.05. The van der Waals surface area contributed by atoms with E-state index in [-0.39, 0.29) is 23.1 Å². The van der Waals surface area contributed by atoms with E-state index in [1.54, 1.807) is 18.2 Å². The van der Waals surface area contributed by atoms with E-state index in [9.17, 15) is 24.5 Å². The number of methoxy groups -OCH3 is 1. The Hall–Kier alpha value is -4.06. The van der Waals surface area contributed by atoms with E-state index in [1.165, 1.54) is 31.4 Å². The molecule has 1 N–H and O–H groups in total. The summed E-state index contributed by atoms with van der Waals surface area (Å²) >= 11 is 0.646. The van der Waals surface area contributed by atoms with Gasteiger partial charge in [-0.2, -0.15) is 0 Å². The number of anilines is 1. The number of carbonyl (C=O) groups excluding carboxylic acids is 3. The minimum Gasteiger partial charge on any atom is -0.490 e. The van der Waals surface area contributed by atoms with Crippen molar-refractivity contribution in [3.63, 3.8) is 0 Å². The van der Waals surface area contributed by atoms with Crippen LogP contribution in [0, 0.1) is 10.1 Å². The van der Waals surface area contributed by atoms with Crippen LogP contribution in [-0.2, 0) is 9.59 Å². The van der Waals surface area contributed by atoms with Crippen molar-refractivity contribution >= 4 is 46.3 Å². The minimum absolute atomic E-state index is 0.0466. The van der Waals surface area contributed by atoms with Gasteiger partial charge in [0.1, 0.15) is 6.54 Å². The molecule has 0 spiro atoms. The van der Waals surface area contributed by atoms with E-state index in [0.717, 1.165) is 4.90 Å². The molecule has 0 atom stereocenters. The number of carbonyl (C=O) groups is 3. The van der Waals surface area contributed by atoms with E-state index in [2.05, 4.69) is 5.32 Å². The molecule has 0 unspecified atom stereocenters. The summed E-state index contributed by atoms with van der Waals surface area (Å²) in [5.74, 6) is -0.143. The summed E-state index contributed by atoms with van der Waals surface area (Å²) in [6.07, 6.45) is 1.35. The van der Waals surface area contributed by atoms with Crippen LogP contribution in [0.3, 0.4) is 0 Å². The third-order valence-electron chi connectivity index (χ3n) is 4.53. The Morgan fingerprint density at radius 3 is 2.78 bits per heavy atom. The van der Waals surface area contributed by atoms with Crippen LogP contribution in [0.25, 0.3) is 6.08 Å². The van der Waals surface area contributed by atoms with E-state index in [0.29, 0.717) is 34.5 Å². The van der Waals surface area contributed by atoms with Gasteiger partial charge in [0.05, 0.1) is 16.9 Å². The molecule has 1 fully saturated rings. The number of benzene rings is 2. The maximum Gasteiger partial charge on any atom is 0.311 e. The zero-order valence-corrected chi connectivity index (χ0v) is 17.3. The molecular weight excluding hydrogens is 442 g/mol. The van der Waals surface area contributed by atoms with Crippen LogP contribution in [0.1, 0.15) is 5.56 Å².